The van der Waals surface area contributed by atoms with Crippen molar-refractivity contribution >= 4 is 8.32 Å². The lowest BCUT2D eigenvalue weighted by Crippen LogP contribution is -2.25. The molecule has 0 saturated heterocycles. The van der Waals surface area contributed by atoms with Gasteiger partial charge in [-0.25, -0.2) is 0 Å². The SMILES string of the molecule is C[Si](C)(C)OC1=C[C@H](c2ccccc2)CCC1. The molecule has 2 heteroatoms. The fourth-order valence-electron chi connectivity index (χ4n) is 2.33. The zero-order valence-corrected chi connectivity index (χ0v) is 12.1. The molecule has 0 heterocycles. The lowest BCUT2D eigenvalue weighted by molar-refractivity contribution is 0.373. The first-order chi connectivity index (χ1) is 8.04. The summed E-state index contributed by atoms with van der Waals surface area (Å²) < 4.78 is 6.13. The number of hydrogen-bond acceptors (Lipinski definition) is 1. The van der Waals surface area contributed by atoms with Gasteiger partial charge in [0.25, 0.3) is 0 Å². The van der Waals surface area contributed by atoms with E-state index in [1.54, 1.807) is 0 Å². The zero-order valence-electron chi connectivity index (χ0n) is 11.1. The van der Waals surface area contributed by atoms with Crippen molar-refractivity contribution in [2.45, 2.75) is 44.8 Å². The van der Waals surface area contributed by atoms with Gasteiger partial charge >= 0.3 is 0 Å². The van der Waals surface area contributed by atoms with Crippen LogP contribution in [0.25, 0.3) is 0 Å². The maximum atomic E-state index is 6.13. The maximum absolute atomic E-state index is 6.13. The highest BCUT2D eigenvalue weighted by Crippen LogP contribution is 2.32. The number of allylic oxidation sites excluding steroid dienone is 2. The first-order valence-corrected chi connectivity index (χ1v) is 9.90. The van der Waals surface area contributed by atoms with Crippen molar-refractivity contribution < 1.29 is 4.43 Å². The highest BCUT2D eigenvalue weighted by molar-refractivity contribution is 6.70. The molecule has 0 amide bonds. The minimum absolute atomic E-state index is 0.552. The van der Waals surface area contributed by atoms with Gasteiger partial charge in [0, 0.05) is 12.3 Å². The summed E-state index contributed by atoms with van der Waals surface area (Å²) in [6.45, 7) is 6.75. The molecule has 1 aromatic rings. The third kappa shape index (κ3) is 3.74. The van der Waals surface area contributed by atoms with Crippen molar-refractivity contribution in [1.82, 2.24) is 0 Å². The van der Waals surface area contributed by atoms with Gasteiger partial charge in [0.05, 0.1) is 5.76 Å². The lowest BCUT2D eigenvalue weighted by Gasteiger charge is -2.27. The highest BCUT2D eigenvalue weighted by atomic mass is 28.4. The van der Waals surface area contributed by atoms with Gasteiger partial charge < -0.3 is 4.43 Å². The van der Waals surface area contributed by atoms with Crippen LogP contribution >= 0.6 is 0 Å². The normalized spacial score (nSPS) is 20.9. The van der Waals surface area contributed by atoms with Gasteiger partial charge in [0.2, 0.25) is 8.32 Å². The Kier molecular flexibility index (Phi) is 3.72. The first-order valence-electron chi connectivity index (χ1n) is 6.49. The van der Waals surface area contributed by atoms with E-state index < -0.39 is 8.32 Å². The molecule has 0 fully saturated rings. The Hall–Kier alpha value is -1.02. The summed E-state index contributed by atoms with van der Waals surface area (Å²) in [4.78, 5) is 0. The molecule has 0 N–H and O–H groups in total. The molecular weight excluding hydrogens is 224 g/mol. The molecule has 0 unspecified atom stereocenters. The molecule has 1 aliphatic carbocycles. The molecule has 0 radical (unpaired) electrons. The van der Waals surface area contributed by atoms with Crippen LogP contribution in [0.15, 0.2) is 42.2 Å². The quantitative estimate of drug-likeness (QED) is 0.703. The molecule has 1 aromatic carbocycles. The Labute approximate surface area is 106 Å². The van der Waals surface area contributed by atoms with Crippen LogP contribution in [0.1, 0.15) is 30.7 Å². The molecule has 92 valence electrons. The van der Waals surface area contributed by atoms with E-state index in [0.29, 0.717) is 5.92 Å². The van der Waals surface area contributed by atoms with E-state index in [-0.39, 0.29) is 0 Å². The Bertz CT molecular complexity index is 389. The molecule has 0 spiro atoms. The van der Waals surface area contributed by atoms with Crippen LogP contribution in [0.5, 0.6) is 0 Å². The standard InChI is InChI=1S/C15H22OSi/c1-17(2,3)16-15-11-7-10-14(12-15)13-8-5-4-6-9-13/h4-6,8-9,12,14H,7,10-11H2,1-3H3/t14-/m1/s1. The van der Waals surface area contributed by atoms with Crippen LogP contribution in [0.4, 0.5) is 0 Å². The monoisotopic (exact) mass is 246 g/mol. The Morgan fingerprint density at radius 3 is 2.47 bits per heavy atom. The summed E-state index contributed by atoms with van der Waals surface area (Å²) in [6, 6.07) is 10.8. The van der Waals surface area contributed by atoms with Crippen molar-refractivity contribution in [3.63, 3.8) is 0 Å². The fraction of sp³-hybridized carbons (Fsp3) is 0.467. The molecule has 0 aromatic heterocycles. The second kappa shape index (κ2) is 5.09. The summed E-state index contributed by atoms with van der Waals surface area (Å²) in [6.07, 6.45) is 5.96. The Morgan fingerprint density at radius 1 is 1.12 bits per heavy atom. The predicted molar refractivity (Wildman–Crippen MR) is 75.5 cm³/mol. The summed E-state index contributed by atoms with van der Waals surface area (Å²) in [5, 5.41) is 0. The second-order valence-electron chi connectivity index (χ2n) is 5.76. The van der Waals surface area contributed by atoms with E-state index >= 15 is 0 Å². The molecule has 17 heavy (non-hydrogen) atoms. The zero-order chi connectivity index (χ0) is 12.3. The van der Waals surface area contributed by atoms with Crippen molar-refractivity contribution in [3.05, 3.63) is 47.7 Å². The molecule has 1 aliphatic rings. The topological polar surface area (TPSA) is 9.23 Å². The van der Waals surface area contributed by atoms with E-state index in [4.69, 9.17) is 4.43 Å². The summed E-state index contributed by atoms with van der Waals surface area (Å²) in [5.41, 5.74) is 1.42. The van der Waals surface area contributed by atoms with Crippen LogP contribution in [-0.4, -0.2) is 8.32 Å². The van der Waals surface area contributed by atoms with Crippen molar-refractivity contribution in [2.24, 2.45) is 0 Å². The average Bonchev–Trinajstić information content (AvgIpc) is 2.28. The van der Waals surface area contributed by atoms with Crippen LogP contribution in [-0.2, 0) is 4.43 Å². The first kappa shape index (κ1) is 12.4. The Morgan fingerprint density at radius 2 is 1.82 bits per heavy atom. The number of hydrogen-bond donors (Lipinski definition) is 0. The van der Waals surface area contributed by atoms with Crippen LogP contribution < -0.4 is 0 Å². The van der Waals surface area contributed by atoms with E-state index in [2.05, 4.69) is 56.0 Å². The number of benzene rings is 1. The molecular formula is C15H22OSi. The average molecular weight is 246 g/mol. The van der Waals surface area contributed by atoms with E-state index in [1.165, 1.54) is 24.2 Å². The summed E-state index contributed by atoms with van der Waals surface area (Å²) >= 11 is 0. The third-order valence-electron chi connectivity index (χ3n) is 2.99. The summed E-state index contributed by atoms with van der Waals surface area (Å²) in [5.74, 6) is 1.78. The largest absolute Gasteiger partial charge is 0.548 e. The molecule has 0 aliphatic heterocycles. The number of rotatable bonds is 3. The van der Waals surface area contributed by atoms with Gasteiger partial charge in [0.15, 0.2) is 0 Å². The van der Waals surface area contributed by atoms with E-state index in [1.807, 2.05) is 0 Å². The van der Waals surface area contributed by atoms with Crippen molar-refractivity contribution in [2.75, 3.05) is 0 Å². The predicted octanol–water partition coefficient (Wildman–Crippen LogP) is 4.69. The molecule has 1 nitrogen and oxygen atoms in total. The van der Waals surface area contributed by atoms with E-state index in [9.17, 15) is 0 Å². The fourth-order valence-corrected chi connectivity index (χ4v) is 3.29. The minimum Gasteiger partial charge on any atom is -0.548 e. The smallest absolute Gasteiger partial charge is 0.241 e. The van der Waals surface area contributed by atoms with Crippen molar-refractivity contribution in [1.29, 1.82) is 0 Å². The van der Waals surface area contributed by atoms with E-state index in [0.717, 1.165) is 6.42 Å². The van der Waals surface area contributed by atoms with Crippen LogP contribution in [0.3, 0.4) is 0 Å². The molecule has 2 rings (SSSR count). The van der Waals surface area contributed by atoms with Crippen LogP contribution in [0, 0.1) is 0 Å². The lowest BCUT2D eigenvalue weighted by atomic mass is 9.89. The van der Waals surface area contributed by atoms with Crippen molar-refractivity contribution in [3.8, 4) is 0 Å². The van der Waals surface area contributed by atoms with Gasteiger partial charge in [-0.2, -0.15) is 0 Å². The van der Waals surface area contributed by atoms with Gasteiger partial charge in [-0.05, 0) is 44.1 Å². The van der Waals surface area contributed by atoms with Gasteiger partial charge in [0.1, 0.15) is 0 Å². The highest BCUT2D eigenvalue weighted by Gasteiger charge is 2.21. The molecule has 1 atom stereocenters. The Balaban J connectivity index is 2.13. The van der Waals surface area contributed by atoms with Crippen LogP contribution in [0.2, 0.25) is 19.6 Å². The maximum Gasteiger partial charge on any atom is 0.241 e. The van der Waals surface area contributed by atoms with Gasteiger partial charge in [-0.3, -0.25) is 0 Å². The third-order valence-corrected chi connectivity index (χ3v) is 3.86. The van der Waals surface area contributed by atoms with Gasteiger partial charge in [-0.1, -0.05) is 30.3 Å². The molecule has 0 bridgehead atoms. The second-order valence-corrected chi connectivity index (χ2v) is 10.2. The molecule has 0 saturated carbocycles. The van der Waals surface area contributed by atoms with Gasteiger partial charge in [-0.15, -0.1) is 0 Å². The summed E-state index contributed by atoms with van der Waals surface area (Å²) in [7, 11) is -1.44. The minimum atomic E-state index is -1.44.